The van der Waals surface area contributed by atoms with Gasteiger partial charge >= 0.3 is 0 Å². The van der Waals surface area contributed by atoms with Crippen molar-refractivity contribution in [1.29, 1.82) is 0 Å². The van der Waals surface area contributed by atoms with Gasteiger partial charge in [0.1, 0.15) is 13.2 Å². The smallest absolute Gasteiger partial charge is 0.268 e. The number of phosphoric acid groups is 1. The fraction of sp³-hybridized carbons (Fsp3) is 0.769. The molecule has 3 unspecified atom stereocenters. The lowest BCUT2D eigenvalue weighted by Crippen LogP contribution is -2.45. The van der Waals surface area contributed by atoms with Crippen LogP contribution in [-0.2, 0) is 18.4 Å². The van der Waals surface area contributed by atoms with Crippen LogP contribution in [-0.4, -0.2) is 68.5 Å². The first-order valence-electron chi connectivity index (χ1n) is 19.0. The molecule has 0 saturated heterocycles. The summed E-state index contributed by atoms with van der Waals surface area (Å²) in [5.74, 6) is -0.251. The number of amides is 1. The Balaban J connectivity index is 4.64. The summed E-state index contributed by atoms with van der Waals surface area (Å²) >= 11 is 0. The molecule has 8 nitrogen and oxygen atoms in total. The summed E-state index contributed by atoms with van der Waals surface area (Å²) in [5, 5.41) is 13.6. The summed E-state index contributed by atoms with van der Waals surface area (Å²) in [6.45, 7) is 4.51. The van der Waals surface area contributed by atoms with Crippen molar-refractivity contribution in [3.05, 3.63) is 48.6 Å². The van der Waals surface area contributed by atoms with E-state index in [1.54, 1.807) is 6.08 Å². The van der Waals surface area contributed by atoms with Crippen LogP contribution in [0.3, 0.4) is 0 Å². The molecule has 0 aliphatic rings. The first-order valence-corrected chi connectivity index (χ1v) is 20.5. The number of carbonyl (C=O) groups excluding carboxylic acids is 1. The standard InChI is InChI=1S/C39H73N2O6P/c1-6-8-10-12-14-16-17-18-19-20-21-22-23-25-26-28-30-32-38(42)37(36-47-48(44,45)46-35-34-41(3,4)5)40-39(43)33-31-29-27-24-15-13-11-9-7-2/h19-20,23-25,27,30,32,37-38,42H,6-18,21-22,26,28-29,31,33-36H2,1-5H3,(H-,40,43,44,45)/b20-19+,25-23+,27-24-,32-30+. The monoisotopic (exact) mass is 697 g/mol. The van der Waals surface area contributed by atoms with Crippen LogP contribution in [0.2, 0.25) is 0 Å². The highest BCUT2D eigenvalue weighted by Gasteiger charge is 2.23. The van der Waals surface area contributed by atoms with Gasteiger partial charge in [0, 0.05) is 6.42 Å². The lowest BCUT2D eigenvalue weighted by molar-refractivity contribution is -0.870. The molecular weight excluding hydrogens is 623 g/mol. The first kappa shape index (κ1) is 46.5. The van der Waals surface area contributed by atoms with E-state index in [4.69, 9.17) is 9.05 Å². The predicted molar refractivity (Wildman–Crippen MR) is 201 cm³/mol. The number of carbonyl (C=O) groups is 1. The van der Waals surface area contributed by atoms with Gasteiger partial charge in [0.25, 0.3) is 7.82 Å². The Hall–Kier alpha value is -1.54. The summed E-state index contributed by atoms with van der Waals surface area (Å²) in [6.07, 6.45) is 37.4. The number of aliphatic hydroxyl groups is 1. The normalized spacial score (nSPS) is 15.2. The Morgan fingerprint density at radius 3 is 1.71 bits per heavy atom. The molecule has 0 saturated carbocycles. The van der Waals surface area contributed by atoms with E-state index in [1.165, 1.54) is 77.0 Å². The number of unbranched alkanes of at least 4 members (excludes halogenated alkanes) is 14. The van der Waals surface area contributed by atoms with E-state index in [1.807, 2.05) is 27.2 Å². The molecule has 48 heavy (non-hydrogen) atoms. The lowest BCUT2D eigenvalue weighted by atomic mass is 10.1. The molecule has 3 atom stereocenters. The molecule has 280 valence electrons. The number of phosphoric ester groups is 1. The zero-order valence-corrected chi connectivity index (χ0v) is 32.3. The minimum Gasteiger partial charge on any atom is -0.756 e. The molecule has 1 amide bonds. The average Bonchev–Trinajstić information content (AvgIpc) is 3.02. The van der Waals surface area contributed by atoms with Crippen molar-refractivity contribution in [2.75, 3.05) is 40.9 Å². The fourth-order valence-corrected chi connectivity index (χ4v) is 5.61. The quantitative estimate of drug-likeness (QED) is 0.0307. The van der Waals surface area contributed by atoms with Gasteiger partial charge in [-0.25, -0.2) is 0 Å². The predicted octanol–water partition coefficient (Wildman–Crippen LogP) is 9.11. The Kier molecular flexibility index (Phi) is 30.4. The number of quaternary nitrogens is 1. The number of likely N-dealkylation sites (N-methyl/N-ethyl adjacent to an activating group) is 1. The van der Waals surface area contributed by atoms with E-state index in [9.17, 15) is 19.4 Å². The first-order chi connectivity index (χ1) is 23.0. The number of aliphatic hydroxyl groups excluding tert-OH is 1. The molecule has 0 aromatic carbocycles. The van der Waals surface area contributed by atoms with Gasteiger partial charge in [0.05, 0.1) is 39.9 Å². The molecule has 0 fully saturated rings. The van der Waals surface area contributed by atoms with E-state index in [0.29, 0.717) is 17.4 Å². The van der Waals surface area contributed by atoms with Crippen molar-refractivity contribution in [2.45, 2.75) is 154 Å². The average molecular weight is 697 g/mol. The molecule has 0 radical (unpaired) electrons. The van der Waals surface area contributed by atoms with Crippen molar-refractivity contribution < 1.29 is 32.9 Å². The number of rotatable bonds is 33. The van der Waals surface area contributed by atoms with Gasteiger partial charge in [-0.2, -0.15) is 0 Å². The van der Waals surface area contributed by atoms with Crippen LogP contribution in [0.4, 0.5) is 0 Å². The highest BCUT2D eigenvalue weighted by molar-refractivity contribution is 7.45. The minimum absolute atomic E-state index is 0.0149. The molecule has 0 spiro atoms. The van der Waals surface area contributed by atoms with Gasteiger partial charge in [-0.15, -0.1) is 0 Å². The van der Waals surface area contributed by atoms with E-state index in [2.05, 4.69) is 55.6 Å². The van der Waals surface area contributed by atoms with Crippen LogP contribution >= 0.6 is 7.82 Å². The van der Waals surface area contributed by atoms with E-state index >= 15 is 0 Å². The van der Waals surface area contributed by atoms with Crippen molar-refractivity contribution >= 4 is 13.7 Å². The summed E-state index contributed by atoms with van der Waals surface area (Å²) in [7, 11) is 1.21. The van der Waals surface area contributed by atoms with Crippen LogP contribution in [0.25, 0.3) is 0 Å². The fourth-order valence-electron chi connectivity index (χ4n) is 4.89. The third-order valence-electron chi connectivity index (χ3n) is 7.99. The maximum absolute atomic E-state index is 12.7. The number of nitrogens with zero attached hydrogens (tertiary/aromatic N) is 1. The highest BCUT2D eigenvalue weighted by Crippen LogP contribution is 2.38. The number of hydrogen-bond donors (Lipinski definition) is 2. The second kappa shape index (κ2) is 31.4. The summed E-state index contributed by atoms with van der Waals surface area (Å²) in [6, 6.07) is -0.921. The minimum atomic E-state index is -4.59. The van der Waals surface area contributed by atoms with E-state index in [0.717, 1.165) is 38.5 Å². The SMILES string of the molecule is CCCCCC/C=C\CCCC(=O)NC(COP(=O)([O-])OCC[N+](C)(C)C)C(O)/C=C/CC/C=C/CC/C=C/CCCCCCCCC. The van der Waals surface area contributed by atoms with Gasteiger partial charge in [0.15, 0.2) is 0 Å². The van der Waals surface area contributed by atoms with Gasteiger partial charge in [0.2, 0.25) is 5.91 Å². The summed E-state index contributed by atoms with van der Waals surface area (Å²) in [5.41, 5.74) is 0. The van der Waals surface area contributed by atoms with Crippen molar-refractivity contribution in [2.24, 2.45) is 0 Å². The van der Waals surface area contributed by atoms with Crippen LogP contribution in [0, 0.1) is 0 Å². The van der Waals surface area contributed by atoms with Crippen LogP contribution in [0.5, 0.6) is 0 Å². The topological polar surface area (TPSA) is 108 Å². The third kappa shape index (κ3) is 33.0. The maximum Gasteiger partial charge on any atom is 0.268 e. The number of nitrogens with one attached hydrogen (secondary N) is 1. The molecule has 2 N–H and O–H groups in total. The molecule has 0 bridgehead atoms. The van der Waals surface area contributed by atoms with Crippen molar-refractivity contribution in [3.8, 4) is 0 Å². The van der Waals surface area contributed by atoms with Gasteiger partial charge in [-0.1, -0.05) is 120 Å². The summed E-state index contributed by atoms with van der Waals surface area (Å²) < 4.78 is 23.0. The zero-order valence-electron chi connectivity index (χ0n) is 31.4. The molecule has 0 aliphatic carbocycles. The third-order valence-corrected chi connectivity index (χ3v) is 8.95. The molecule has 9 heteroatoms. The van der Waals surface area contributed by atoms with E-state index < -0.39 is 26.6 Å². The lowest BCUT2D eigenvalue weighted by Gasteiger charge is -2.29. The van der Waals surface area contributed by atoms with Crippen LogP contribution in [0.15, 0.2) is 48.6 Å². The van der Waals surface area contributed by atoms with Gasteiger partial charge in [-0.05, 0) is 64.2 Å². The van der Waals surface area contributed by atoms with Crippen LogP contribution < -0.4 is 10.2 Å². The summed E-state index contributed by atoms with van der Waals surface area (Å²) in [4.78, 5) is 25.0. The van der Waals surface area contributed by atoms with Gasteiger partial charge in [-0.3, -0.25) is 9.36 Å². The maximum atomic E-state index is 12.7. The second-order valence-corrected chi connectivity index (χ2v) is 15.3. The zero-order chi connectivity index (χ0) is 35.8. The van der Waals surface area contributed by atoms with Crippen molar-refractivity contribution in [3.63, 3.8) is 0 Å². The molecule has 0 aromatic heterocycles. The Bertz CT molecular complexity index is 928. The largest absolute Gasteiger partial charge is 0.756 e. The molecule has 0 heterocycles. The Morgan fingerprint density at radius 2 is 1.17 bits per heavy atom. The second-order valence-electron chi connectivity index (χ2n) is 13.9. The Morgan fingerprint density at radius 1 is 0.708 bits per heavy atom. The highest BCUT2D eigenvalue weighted by atomic mass is 31.2. The number of hydrogen-bond acceptors (Lipinski definition) is 6. The number of allylic oxidation sites excluding steroid dienone is 7. The van der Waals surface area contributed by atoms with Crippen LogP contribution in [0.1, 0.15) is 142 Å². The van der Waals surface area contributed by atoms with Crippen molar-refractivity contribution in [1.82, 2.24) is 5.32 Å². The van der Waals surface area contributed by atoms with Gasteiger partial charge < -0.3 is 28.8 Å². The molecule has 0 aliphatic heterocycles. The molecular formula is C39H73N2O6P. The Labute approximate surface area is 295 Å². The van der Waals surface area contributed by atoms with E-state index in [-0.39, 0.29) is 18.9 Å². The molecule has 0 rings (SSSR count). The molecule has 0 aromatic rings.